The SMILES string of the molecule is Cc1cc(C)c(C#N)c(SC(C(=O)NCc2cccnc2)C(C)C)n1. The summed E-state index contributed by atoms with van der Waals surface area (Å²) < 4.78 is 0. The number of carbonyl (C=O) groups excluding carboxylic acids is 1. The Hall–Kier alpha value is -2.39. The van der Waals surface area contributed by atoms with Gasteiger partial charge in [-0.05, 0) is 43.0 Å². The lowest BCUT2D eigenvalue weighted by Crippen LogP contribution is -2.35. The van der Waals surface area contributed by atoms with Crippen molar-refractivity contribution >= 4 is 17.7 Å². The lowest BCUT2D eigenvalue weighted by Gasteiger charge is -2.20. The Morgan fingerprint density at radius 1 is 1.40 bits per heavy atom. The van der Waals surface area contributed by atoms with Gasteiger partial charge in [-0.2, -0.15) is 5.26 Å². The standard InChI is InChI=1S/C19H22N4OS/c1-12(2)17(18(24)22-11-15-6-5-7-21-10-15)25-19-16(9-20)13(3)8-14(4)23-19/h5-8,10,12,17H,11H2,1-4H3,(H,22,24). The van der Waals surface area contributed by atoms with E-state index in [-0.39, 0.29) is 17.1 Å². The summed E-state index contributed by atoms with van der Waals surface area (Å²) in [7, 11) is 0. The first-order valence-corrected chi connectivity index (χ1v) is 9.02. The van der Waals surface area contributed by atoms with E-state index < -0.39 is 0 Å². The molecule has 1 unspecified atom stereocenters. The average Bonchev–Trinajstić information content (AvgIpc) is 2.57. The first kappa shape index (κ1) is 18.9. The fourth-order valence-electron chi connectivity index (χ4n) is 2.43. The first-order valence-electron chi connectivity index (χ1n) is 8.14. The Morgan fingerprint density at radius 3 is 2.76 bits per heavy atom. The first-order chi connectivity index (χ1) is 11.9. The number of carbonyl (C=O) groups is 1. The van der Waals surface area contributed by atoms with Crippen LogP contribution >= 0.6 is 11.8 Å². The summed E-state index contributed by atoms with van der Waals surface area (Å²) in [4.78, 5) is 21.2. The summed E-state index contributed by atoms with van der Waals surface area (Å²) in [5.74, 6) is 0.0433. The van der Waals surface area contributed by atoms with Crippen LogP contribution in [-0.4, -0.2) is 21.1 Å². The van der Waals surface area contributed by atoms with Gasteiger partial charge in [-0.15, -0.1) is 0 Å². The fourth-order valence-corrected chi connectivity index (χ4v) is 3.65. The van der Waals surface area contributed by atoms with E-state index >= 15 is 0 Å². The normalized spacial score (nSPS) is 11.8. The Labute approximate surface area is 152 Å². The van der Waals surface area contributed by atoms with Crippen molar-refractivity contribution in [2.45, 2.75) is 44.5 Å². The van der Waals surface area contributed by atoms with Crippen LogP contribution in [-0.2, 0) is 11.3 Å². The van der Waals surface area contributed by atoms with E-state index in [2.05, 4.69) is 21.4 Å². The third-order valence-corrected chi connectivity index (χ3v) is 5.25. The molecule has 1 N–H and O–H groups in total. The highest BCUT2D eigenvalue weighted by Gasteiger charge is 2.25. The zero-order valence-electron chi connectivity index (χ0n) is 14.9. The molecule has 1 amide bonds. The maximum atomic E-state index is 12.7. The lowest BCUT2D eigenvalue weighted by molar-refractivity contribution is -0.121. The van der Waals surface area contributed by atoms with E-state index in [4.69, 9.17) is 0 Å². The second-order valence-corrected chi connectivity index (χ2v) is 7.36. The van der Waals surface area contributed by atoms with Crippen LogP contribution in [0.25, 0.3) is 0 Å². The second kappa shape index (κ2) is 8.63. The van der Waals surface area contributed by atoms with Crippen LogP contribution in [0.1, 0.15) is 36.2 Å². The molecule has 2 heterocycles. The van der Waals surface area contributed by atoms with Gasteiger partial charge in [-0.25, -0.2) is 4.98 Å². The molecule has 2 aromatic heterocycles. The lowest BCUT2D eigenvalue weighted by atomic mass is 10.1. The molecular formula is C19H22N4OS. The molecule has 0 aliphatic rings. The number of nitrogens with zero attached hydrogens (tertiary/aromatic N) is 3. The zero-order valence-corrected chi connectivity index (χ0v) is 15.7. The number of hydrogen-bond acceptors (Lipinski definition) is 5. The smallest absolute Gasteiger partial charge is 0.234 e. The number of hydrogen-bond donors (Lipinski definition) is 1. The van der Waals surface area contributed by atoms with Crippen LogP contribution in [0.4, 0.5) is 0 Å². The van der Waals surface area contributed by atoms with Gasteiger partial charge in [-0.1, -0.05) is 31.7 Å². The molecule has 130 valence electrons. The number of thioether (sulfide) groups is 1. The molecule has 0 aliphatic carbocycles. The molecule has 0 bridgehead atoms. The Morgan fingerprint density at radius 2 is 2.16 bits per heavy atom. The van der Waals surface area contributed by atoms with Gasteiger partial charge in [0.25, 0.3) is 0 Å². The summed E-state index contributed by atoms with van der Waals surface area (Å²) in [6.07, 6.45) is 3.43. The van der Waals surface area contributed by atoms with Crippen molar-refractivity contribution in [3.05, 3.63) is 53.0 Å². The van der Waals surface area contributed by atoms with Crippen molar-refractivity contribution in [1.82, 2.24) is 15.3 Å². The van der Waals surface area contributed by atoms with Crippen LogP contribution in [0.15, 0.2) is 35.6 Å². The van der Waals surface area contributed by atoms with Crippen LogP contribution in [0.5, 0.6) is 0 Å². The summed E-state index contributed by atoms with van der Waals surface area (Å²) >= 11 is 1.36. The van der Waals surface area contributed by atoms with E-state index in [9.17, 15) is 10.1 Å². The summed E-state index contributed by atoms with van der Waals surface area (Å²) in [6.45, 7) is 8.21. The van der Waals surface area contributed by atoms with Gasteiger partial charge < -0.3 is 5.32 Å². The van der Waals surface area contributed by atoms with Crippen molar-refractivity contribution in [3.8, 4) is 6.07 Å². The summed E-state index contributed by atoms with van der Waals surface area (Å²) in [5.41, 5.74) is 3.22. The predicted octanol–water partition coefficient (Wildman–Crippen LogP) is 3.40. The van der Waals surface area contributed by atoms with Crippen molar-refractivity contribution < 1.29 is 4.79 Å². The predicted molar refractivity (Wildman–Crippen MR) is 99.0 cm³/mol. The minimum absolute atomic E-state index is 0.0614. The van der Waals surface area contributed by atoms with Gasteiger partial charge in [0, 0.05) is 24.6 Å². The number of pyridine rings is 2. The van der Waals surface area contributed by atoms with Gasteiger partial charge >= 0.3 is 0 Å². The van der Waals surface area contributed by atoms with Crippen LogP contribution in [0.2, 0.25) is 0 Å². The highest BCUT2D eigenvalue weighted by molar-refractivity contribution is 8.00. The van der Waals surface area contributed by atoms with E-state index in [0.29, 0.717) is 17.1 Å². The molecule has 0 aromatic carbocycles. The molecule has 6 heteroatoms. The third-order valence-electron chi connectivity index (χ3n) is 3.72. The quantitative estimate of drug-likeness (QED) is 0.804. The fraction of sp³-hybridized carbons (Fsp3) is 0.368. The molecule has 25 heavy (non-hydrogen) atoms. The van der Waals surface area contributed by atoms with E-state index in [1.165, 1.54) is 11.8 Å². The molecular weight excluding hydrogens is 332 g/mol. The number of nitrogens with one attached hydrogen (secondary N) is 1. The molecule has 1 atom stereocenters. The van der Waals surface area contributed by atoms with Gasteiger partial charge in [0.05, 0.1) is 10.8 Å². The largest absolute Gasteiger partial charge is 0.351 e. The van der Waals surface area contributed by atoms with Crippen molar-refractivity contribution in [3.63, 3.8) is 0 Å². The molecule has 0 saturated carbocycles. The number of aromatic nitrogens is 2. The Bertz CT molecular complexity index is 784. The summed E-state index contributed by atoms with van der Waals surface area (Å²) in [6, 6.07) is 7.86. The molecule has 0 fully saturated rings. The molecule has 2 rings (SSSR count). The van der Waals surface area contributed by atoms with E-state index in [1.807, 2.05) is 45.9 Å². The van der Waals surface area contributed by atoms with Crippen LogP contribution < -0.4 is 5.32 Å². The molecule has 0 saturated heterocycles. The second-order valence-electron chi connectivity index (χ2n) is 6.23. The molecule has 0 aliphatic heterocycles. The highest BCUT2D eigenvalue weighted by Crippen LogP contribution is 2.31. The Balaban J connectivity index is 2.16. The Kier molecular flexibility index (Phi) is 6.54. The molecule has 2 aromatic rings. The van der Waals surface area contributed by atoms with E-state index in [0.717, 1.165) is 16.8 Å². The average molecular weight is 354 g/mol. The number of amides is 1. The van der Waals surface area contributed by atoms with Crippen LogP contribution in [0.3, 0.4) is 0 Å². The maximum absolute atomic E-state index is 12.7. The highest BCUT2D eigenvalue weighted by atomic mass is 32.2. The van der Waals surface area contributed by atoms with Crippen molar-refractivity contribution in [1.29, 1.82) is 5.26 Å². The van der Waals surface area contributed by atoms with E-state index in [1.54, 1.807) is 12.4 Å². The molecule has 0 radical (unpaired) electrons. The van der Waals surface area contributed by atoms with Crippen molar-refractivity contribution in [2.24, 2.45) is 5.92 Å². The molecule has 0 spiro atoms. The topological polar surface area (TPSA) is 78.7 Å². The third kappa shape index (κ3) is 5.04. The van der Waals surface area contributed by atoms with Crippen LogP contribution in [0, 0.1) is 31.1 Å². The monoisotopic (exact) mass is 354 g/mol. The van der Waals surface area contributed by atoms with Crippen molar-refractivity contribution in [2.75, 3.05) is 0 Å². The zero-order chi connectivity index (χ0) is 18.4. The number of nitriles is 1. The minimum Gasteiger partial charge on any atom is -0.351 e. The number of aryl methyl sites for hydroxylation is 2. The van der Waals surface area contributed by atoms with Gasteiger partial charge in [-0.3, -0.25) is 9.78 Å². The summed E-state index contributed by atoms with van der Waals surface area (Å²) in [5, 5.41) is 12.7. The van der Waals surface area contributed by atoms with Gasteiger partial charge in [0.1, 0.15) is 11.1 Å². The maximum Gasteiger partial charge on any atom is 0.234 e. The van der Waals surface area contributed by atoms with Gasteiger partial charge in [0.2, 0.25) is 5.91 Å². The van der Waals surface area contributed by atoms with Gasteiger partial charge in [0.15, 0.2) is 0 Å². The minimum atomic E-state index is -0.322. The number of rotatable bonds is 6. The molecule has 5 nitrogen and oxygen atoms in total.